The largest absolute Gasteiger partial charge is 0.364 e. The highest BCUT2D eigenvalue weighted by Gasteiger charge is 2.04. The van der Waals surface area contributed by atoms with Crippen molar-refractivity contribution in [3.63, 3.8) is 0 Å². The zero-order valence-corrected chi connectivity index (χ0v) is 6.20. The minimum Gasteiger partial charge on any atom is -0.364 e. The Bertz CT molecular complexity index is 370. The molecule has 2 rings (SSSR count). The summed E-state index contributed by atoms with van der Waals surface area (Å²) in [6, 6.07) is 6.50. The number of hydrogen-bond acceptors (Lipinski definition) is 2. The number of hydrogen-bond donors (Lipinski definition) is 0. The molecule has 0 saturated carbocycles. The summed E-state index contributed by atoms with van der Waals surface area (Å²) in [4.78, 5) is 0. The van der Waals surface area contributed by atoms with Crippen LogP contribution < -0.4 is 0 Å². The van der Waals surface area contributed by atoms with Crippen LogP contribution in [0.25, 0.3) is 11.1 Å². The van der Waals surface area contributed by atoms with Crippen LogP contribution in [0.2, 0.25) is 0 Å². The van der Waals surface area contributed by atoms with Gasteiger partial charge in [-0.1, -0.05) is 23.4 Å². The minimum atomic E-state index is -0.263. The Hall–Kier alpha value is -1.64. The van der Waals surface area contributed by atoms with Gasteiger partial charge in [-0.3, -0.25) is 0 Å². The van der Waals surface area contributed by atoms with E-state index in [4.69, 9.17) is 0 Å². The van der Waals surface area contributed by atoms with Crippen LogP contribution in [0.15, 0.2) is 41.2 Å². The molecular weight excluding hydrogens is 157 g/mol. The third-order valence-electron chi connectivity index (χ3n) is 1.62. The molecule has 0 fully saturated rings. The van der Waals surface area contributed by atoms with Crippen molar-refractivity contribution in [1.82, 2.24) is 5.16 Å². The number of aromatic nitrogens is 1. The van der Waals surface area contributed by atoms with Crippen LogP contribution in [-0.2, 0) is 0 Å². The van der Waals surface area contributed by atoms with Crippen molar-refractivity contribution in [3.8, 4) is 11.1 Å². The minimum absolute atomic E-state index is 0.263. The highest BCUT2D eigenvalue weighted by molar-refractivity contribution is 5.61. The van der Waals surface area contributed by atoms with Crippen LogP contribution in [0.3, 0.4) is 0 Å². The molecule has 0 atom stereocenters. The van der Waals surface area contributed by atoms with Gasteiger partial charge in [-0.25, -0.2) is 4.39 Å². The van der Waals surface area contributed by atoms with E-state index >= 15 is 0 Å². The zero-order chi connectivity index (χ0) is 8.39. The molecule has 1 aromatic heterocycles. The predicted octanol–water partition coefficient (Wildman–Crippen LogP) is 2.48. The van der Waals surface area contributed by atoms with E-state index in [9.17, 15) is 4.39 Å². The quantitative estimate of drug-likeness (QED) is 0.645. The van der Waals surface area contributed by atoms with Gasteiger partial charge in [-0.15, -0.1) is 0 Å². The maximum absolute atomic E-state index is 13.1. The van der Waals surface area contributed by atoms with E-state index < -0.39 is 0 Å². The molecule has 1 heterocycles. The van der Waals surface area contributed by atoms with Crippen molar-refractivity contribution in [2.24, 2.45) is 0 Å². The zero-order valence-electron chi connectivity index (χ0n) is 6.20. The second-order valence-electron chi connectivity index (χ2n) is 2.39. The molecule has 0 bridgehead atoms. The van der Waals surface area contributed by atoms with Gasteiger partial charge in [-0.2, -0.15) is 0 Å². The van der Waals surface area contributed by atoms with E-state index in [1.54, 1.807) is 18.2 Å². The van der Waals surface area contributed by atoms with Gasteiger partial charge in [0.15, 0.2) is 0 Å². The Morgan fingerprint density at radius 3 is 2.75 bits per heavy atom. The van der Waals surface area contributed by atoms with Crippen molar-refractivity contribution < 1.29 is 8.91 Å². The monoisotopic (exact) mass is 163 g/mol. The Morgan fingerprint density at radius 2 is 2.08 bits per heavy atom. The summed E-state index contributed by atoms with van der Waals surface area (Å²) in [7, 11) is 0. The number of rotatable bonds is 1. The maximum atomic E-state index is 13.1. The standard InChI is InChI=1S/C9H6FNO/c10-9-4-2-1-3-8(9)7-5-11-12-6-7/h1-6H. The molecule has 3 heteroatoms. The molecule has 0 radical (unpaired) electrons. The third kappa shape index (κ3) is 1.09. The molecule has 2 nitrogen and oxygen atoms in total. The van der Waals surface area contributed by atoms with Crippen molar-refractivity contribution in [2.75, 3.05) is 0 Å². The van der Waals surface area contributed by atoms with E-state index in [0.717, 1.165) is 0 Å². The first-order valence-corrected chi connectivity index (χ1v) is 3.52. The highest BCUT2D eigenvalue weighted by atomic mass is 19.1. The van der Waals surface area contributed by atoms with Gasteiger partial charge in [0.05, 0.1) is 6.20 Å². The fourth-order valence-electron chi connectivity index (χ4n) is 1.03. The first-order valence-electron chi connectivity index (χ1n) is 3.52. The average Bonchev–Trinajstić information content (AvgIpc) is 2.57. The lowest BCUT2D eigenvalue weighted by Crippen LogP contribution is -1.79. The van der Waals surface area contributed by atoms with Crippen LogP contribution in [-0.4, -0.2) is 5.16 Å². The van der Waals surface area contributed by atoms with Crippen molar-refractivity contribution in [1.29, 1.82) is 0 Å². The summed E-state index contributed by atoms with van der Waals surface area (Å²) in [5.74, 6) is -0.263. The summed E-state index contributed by atoms with van der Waals surface area (Å²) in [6.07, 6.45) is 2.90. The van der Waals surface area contributed by atoms with Gasteiger partial charge >= 0.3 is 0 Å². The molecule has 12 heavy (non-hydrogen) atoms. The Labute approximate surface area is 68.6 Å². The van der Waals surface area contributed by atoms with Crippen molar-refractivity contribution in [3.05, 3.63) is 42.5 Å². The molecule has 0 amide bonds. The molecule has 0 spiro atoms. The van der Waals surface area contributed by atoms with Crippen molar-refractivity contribution in [2.45, 2.75) is 0 Å². The average molecular weight is 163 g/mol. The van der Waals surface area contributed by atoms with Gasteiger partial charge in [0.1, 0.15) is 12.1 Å². The van der Waals surface area contributed by atoms with Gasteiger partial charge in [0.2, 0.25) is 0 Å². The van der Waals surface area contributed by atoms with E-state index in [2.05, 4.69) is 9.68 Å². The molecule has 0 aliphatic carbocycles. The molecule has 0 aliphatic rings. The molecule has 0 aliphatic heterocycles. The second kappa shape index (κ2) is 2.77. The molecule has 60 valence electrons. The van der Waals surface area contributed by atoms with Gasteiger partial charge in [0, 0.05) is 11.1 Å². The molecule has 2 aromatic rings. The Balaban J connectivity index is 2.55. The van der Waals surface area contributed by atoms with Gasteiger partial charge in [0.25, 0.3) is 0 Å². The molecule has 0 saturated heterocycles. The van der Waals surface area contributed by atoms with E-state index in [1.807, 2.05) is 0 Å². The summed E-state index contributed by atoms with van der Waals surface area (Å²) in [5, 5.41) is 3.50. The van der Waals surface area contributed by atoms with Crippen LogP contribution in [0, 0.1) is 5.82 Å². The van der Waals surface area contributed by atoms with Gasteiger partial charge in [-0.05, 0) is 6.07 Å². The van der Waals surface area contributed by atoms with Crippen molar-refractivity contribution >= 4 is 0 Å². The van der Waals surface area contributed by atoms with Crippen LogP contribution in [0.4, 0.5) is 4.39 Å². The first-order chi connectivity index (χ1) is 5.88. The normalized spacial score (nSPS) is 10.1. The number of nitrogens with zero attached hydrogens (tertiary/aromatic N) is 1. The fourth-order valence-corrected chi connectivity index (χ4v) is 1.03. The fraction of sp³-hybridized carbons (Fsp3) is 0. The lowest BCUT2D eigenvalue weighted by Gasteiger charge is -1.95. The Kier molecular flexibility index (Phi) is 1.63. The number of benzene rings is 1. The van der Waals surface area contributed by atoms with Crippen LogP contribution >= 0.6 is 0 Å². The molecular formula is C9H6FNO. The lowest BCUT2D eigenvalue weighted by molar-refractivity contribution is 0.420. The summed E-state index contributed by atoms with van der Waals surface area (Å²) in [6.45, 7) is 0. The van der Waals surface area contributed by atoms with Crippen LogP contribution in [0.1, 0.15) is 0 Å². The van der Waals surface area contributed by atoms with E-state index in [1.165, 1.54) is 18.5 Å². The van der Waals surface area contributed by atoms with Gasteiger partial charge < -0.3 is 4.52 Å². The summed E-state index contributed by atoms with van der Waals surface area (Å²) >= 11 is 0. The Morgan fingerprint density at radius 1 is 1.25 bits per heavy atom. The van der Waals surface area contributed by atoms with Crippen LogP contribution in [0.5, 0.6) is 0 Å². The molecule has 1 aromatic carbocycles. The maximum Gasteiger partial charge on any atom is 0.131 e. The second-order valence-corrected chi connectivity index (χ2v) is 2.39. The highest BCUT2D eigenvalue weighted by Crippen LogP contribution is 2.20. The van der Waals surface area contributed by atoms with E-state index in [-0.39, 0.29) is 5.82 Å². The SMILES string of the molecule is Fc1ccccc1-c1cnoc1. The number of halogens is 1. The molecule has 0 N–H and O–H groups in total. The lowest BCUT2D eigenvalue weighted by atomic mass is 10.1. The summed E-state index contributed by atoms with van der Waals surface area (Å²) in [5.41, 5.74) is 1.17. The molecule has 0 unspecified atom stereocenters. The summed E-state index contributed by atoms with van der Waals surface area (Å²) < 4.78 is 17.7. The smallest absolute Gasteiger partial charge is 0.131 e. The third-order valence-corrected chi connectivity index (χ3v) is 1.62. The first kappa shape index (κ1) is 7.03. The predicted molar refractivity (Wildman–Crippen MR) is 41.9 cm³/mol. The van der Waals surface area contributed by atoms with E-state index in [0.29, 0.717) is 11.1 Å². The topological polar surface area (TPSA) is 26.0 Å².